The molecule has 1 N–H and O–H groups in total. The molecule has 39 heavy (non-hydrogen) atoms. The number of benzene rings is 3. The molecule has 0 aromatic heterocycles. The van der Waals surface area contributed by atoms with Crippen molar-refractivity contribution in [3.63, 3.8) is 0 Å². The number of carbonyl (C=O) groups is 2. The van der Waals surface area contributed by atoms with Crippen LogP contribution >= 0.6 is 15.9 Å². The lowest BCUT2D eigenvalue weighted by molar-refractivity contribution is -0.139. The Bertz CT molecular complexity index is 1390. The Morgan fingerprint density at radius 3 is 2.28 bits per heavy atom. The van der Waals surface area contributed by atoms with Crippen LogP contribution in [0.15, 0.2) is 88.2 Å². The summed E-state index contributed by atoms with van der Waals surface area (Å²) in [5, 5.41) is 3.08. The SMILES string of the molecule is Cc1ccc(N(CC(=O)N(Cc2cccc(Br)c2)[C@H](C)C(=O)NC2CCCC2)S(=O)(=O)c2ccccc2)cc1. The molecule has 3 aromatic rings. The predicted molar refractivity (Wildman–Crippen MR) is 157 cm³/mol. The third kappa shape index (κ3) is 7.28. The van der Waals surface area contributed by atoms with Crippen molar-refractivity contribution in [1.82, 2.24) is 10.2 Å². The molecular formula is C30H34BrN3O4S. The Morgan fingerprint density at radius 1 is 0.974 bits per heavy atom. The van der Waals surface area contributed by atoms with E-state index in [1.807, 2.05) is 43.3 Å². The van der Waals surface area contributed by atoms with Gasteiger partial charge in [-0.05, 0) is 68.7 Å². The minimum Gasteiger partial charge on any atom is -0.352 e. The van der Waals surface area contributed by atoms with Crippen LogP contribution in [-0.4, -0.2) is 43.8 Å². The van der Waals surface area contributed by atoms with Gasteiger partial charge < -0.3 is 10.2 Å². The van der Waals surface area contributed by atoms with E-state index in [4.69, 9.17) is 0 Å². The Morgan fingerprint density at radius 2 is 1.64 bits per heavy atom. The maximum absolute atomic E-state index is 14.0. The highest BCUT2D eigenvalue weighted by Gasteiger charge is 2.33. The Hall–Kier alpha value is -3.17. The van der Waals surface area contributed by atoms with E-state index in [2.05, 4.69) is 21.2 Å². The van der Waals surface area contributed by atoms with Crippen LogP contribution in [0.5, 0.6) is 0 Å². The van der Waals surface area contributed by atoms with Crippen LogP contribution < -0.4 is 9.62 Å². The van der Waals surface area contributed by atoms with Gasteiger partial charge in [-0.3, -0.25) is 13.9 Å². The normalized spacial score (nSPS) is 14.5. The number of rotatable bonds is 10. The number of hydrogen-bond acceptors (Lipinski definition) is 4. The second-order valence-electron chi connectivity index (χ2n) is 9.98. The lowest BCUT2D eigenvalue weighted by Crippen LogP contribution is -2.52. The van der Waals surface area contributed by atoms with Gasteiger partial charge in [0, 0.05) is 17.1 Å². The molecule has 0 spiro atoms. The van der Waals surface area contributed by atoms with Crippen LogP contribution in [0.1, 0.15) is 43.7 Å². The zero-order valence-electron chi connectivity index (χ0n) is 22.2. The number of halogens is 1. The molecule has 0 saturated heterocycles. The summed E-state index contributed by atoms with van der Waals surface area (Å²) in [5.41, 5.74) is 2.17. The van der Waals surface area contributed by atoms with E-state index in [-0.39, 0.29) is 23.4 Å². The van der Waals surface area contributed by atoms with Crippen molar-refractivity contribution in [2.45, 2.75) is 63.1 Å². The van der Waals surface area contributed by atoms with Gasteiger partial charge in [-0.15, -0.1) is 0 Å². The molecule has 3 aromatic carbocycles. The van der Waals surface area contributed by atoms with Crippen LogP contribution in [0, 0.1) is 6.92 Å². The van der Waals surface area contributed by atoms with Crippen molar-refractivity contribution in [1.29, 1.82) is 0 Å². The van der Waals surface area contributed by atoms with E-state index in [9.17, 15) is 18.0 Å². The van der Waals surface area contributed by atoms with Gasteiger partial charge in [0.25, 0.3) is 10.0 Å². The standard InChI is InChI=1S/C30H34BrN3O4S/c1-22-15-17-27(18-16-22)34(39(37,38)28-13-4-3-5-14-28)21-29(35)33(20-24-9-8-10-25(31)19-24)23(2)30(36)32-26-11-6-7-12-26/h3-5,8-10,13-19,23,26H,6-7,11-12,20-21H2,1-2H3,(H,32,36)/t23-/m1/s1. The first kappa shape index (κ1) is 28.8. The maximum atomic E-state index is 14.0. The molecule has 0 unspecified atom stereocenters. The molecule has 1 atom stereocenters. The first-order valence-electron chi connectivity index (χ1n) is 13.1. The van der Waals surface area contributed by atoms with Crippen LogP contribution in [0.3, 0.4) is 0 Å². The van der Waals surface area contributed by atoms with Crippen molar-refractivity contribution < 1.29 is 18.0 Å². The van der Waals surface area contributed by atoms with E-state index in [1.54, 1.807) is 37.3 Å². The number of nitrogens with zero attached hydrogens (tertiary/aromatic N) is 2. The molecule has 0 heterocycles. The smallest absolute Gasteiger partial charge is 0.264 e. The monoisotopic (exact) mass is 611 g/mol. The molecule has 206 valence electrons. The number of amides is 2. The van der Waals surface area contributed by atoms with Gasteiger partial charge in [0.2, 0.25) is 11.8 Å². The zero-order chi connectivity index (χ0) is 28.0. The molecule has 1 fully saturated rings. The molecule has 1 aliphatic rings. The van der Waals surface area contributed by atoms with Crippen molar-refractivity contribution in [2.24, 2.45) is 0 Å². The fraction of sp³-hybridized carbons (Fsp3) is 0.333. The highest BCUT2D eigenvalue weighted by atomic mass is 79.9. The number of sulfonamides is 1. The summed E-state index contributed by atoms with van der Waals surface area (Å²) in [6.45, 7) is 3.32. The fourth-order valence-corrected chi connectivity index (χ4v) is 6.65. The first-order chi connectivity index (χ1) is 18.6. The summed E-state index contributed by atoms with van der Waals surface area (Å²) in [6, 6.07) is 21.9. The van der Waals surface area contributed by atoms with Gasteiger partial charge in [0.1, 0.15) is 12.6 Å². The minimum absolute atomic E-state index is 0.0870. The van der Waals surface area contributed by atoms with Gasteiger partial charge in [-0.1, -0.05) is 76.8 Å². The zero-order valence-corrected chi connectivity index (χ0v) is 24.6. The van der Waals surface area contributed by atoms with Crippen molar-refractivity contribution in [3.05, 3.63) is 94.5 Å². The van der Waals surface area contributed by atoms with Crippen molar-refractivity contribution in [3.8, 4) is 0 Å². The van der Waals surface area contributed by atoms with E-state index >= 15 is 0 Å². The van der Waals surface area contributed by atoms with E-state index < -0.39 is 28.5 Å². The molecule has 7 nitrogen and oxygen atoms in total. The molecule has 2 amide bonds. The second kappa shape index (κ2) is 12.8. The number of aryl methyl sites for hydroxylation is 1. The van der Waals surface area contributed by atoms with Crippen LogP contribution in [0.2, 0.25) is 0 Å². The van der Waals surface area contributed by atoms with Crippen LogP contribution in [0.25, 0.3) is 0 Å². The molecule has 1 aliphatic carbocycles. The summed E-state index contributed by atoms with van der Waals surface area (Å²) in [5.74, 6) is -0.706. The van der Waals surface area contributed by atoms with Gasteiger partial charge in [0.15, 0.2) is 0 Å². The van der Waals surface area contributed by atoms with Crippen molar-refractivity contribution in [2.75, 3.05) is 10.8 Å². The van der Waals surface area contributed by atoms with E-state index in [0.717, 1.165) is 45.6 Å². The molecule has 0 bridgehead atoms. The number of hydrogen-bond donors (Lipinski definition) is 1. The Labute approximate surface area is 239 Å². The summed E-state index contributed by atoms with van der Waals surface area (Å²) in [4.78, 5) is 28.8. The maximum Gasteiger partial charge on any atom is 0.264 e. The molecule has 0 radical (unpaired) electrons. The quantitative estimate of drug-likeness (QED) is 0.331. The molecule has 1 saturated carbocycles. The topological polar surface area (TPSA) is 86.8 Å². The molecule has 0 aliphatic heterocycles. The second-order valence-corrected chi connectivity index (χ2v) is 12.8. The van der Waals surface area contributed by atoms with Crippen LogP contribution in [0.4, 0.5) is 5.69 Å². The lowest BCUT2D eigenvalue weighted by atomic mass is 10.1. The third-order valence-electron chi connectivity index (χ3n) is 7.04. The van der Waals surface area contributed by atoms with Gasteiger partial charge >= 0.3 is 0 Å². The number of anilines is 1. The van der Waals surface area contributed by atoms with E-state index in [0.29, 0.717) is 5.69 Å². The van der Waals surface area contributed by atoms with Gasteiger partial charge in [-0.2, -0.15) is 0 Å². The summed E-state index contributed by atoms with van der Waals surface area (Å²) in [6.07, 6.45) is 3.99. The Balaban J connectivity index is 1.67. The average Bonchev–Trinajstić information content (AvgIpc) is 3.44. The van der Waals surface area contributed by atoms with Gasteiger partial charge in [-0.25, -0.2) is 8.42 Å². The summed E-state index contributed by atoms with van der Waals surface area (Å²) in [7, 11) is -4.06. The number of nitrogens with one attached hydrogen (secondary N) is 1. The minimum atomic E-state index is -4.06. The first-order valence-corrected chi connectivity index (χ1v) is 15.4. The largest absolute Gasteiger partial charge is 0.352 e. The predicted octanol–water partition coefficient (Wildman–Crippen LogP) is 5.43. The Kier molecular flexibility index (Phi) is 9.45. The summed E-state index contributed by atoms with van der Waals surface area (Å²) >= 11 is 3.47. The lowest BCUT2D eigenvalue weighted by Gasteiger charge is -2.32. The van der Waals surface area contributed by atoms with Crippen LogP contribution in [-0.2, 0) is 26.2 Å². The average molecular weight is 613 g/mol. The highest BCUT2D eigenvalue weighted by molar-refractivity contribution is 9.10. The highest BCUT2D eigenvalue weighted by Crippen LogP contribution is 2.25. The van der Waals surface area contributed by atoms with Gasteiger partial charge in [0.05, 0.1) is 10.6 Å². The molecule has 9 heteroatoms. The number of carbonyl (C=O) groups excluding carboxylic acids is 2. The third-order valence-corrected chi connectivity index (χ3v) is 9.32. The molecular weight excluding hydrogens is 578 g/mol. The summed E-state index contributed by atoms with van der Waals surface area (Å²) < 4.78 is 29.5. The van der Waals surface area contributed by atoms with Crippen molar-refractivity contribution >= 4 is 43.5 Å². The molecule has 4 rings (SSSR count). The van der Waals surface area contributed by atoms with E-state index in [1.165, 1.54) is 17.0 Å². The fourth-order valence-electron chi connectivity index (χ4n) is 4.77.